The summed E-state index contributed by atoms with van der Waals surface area (Å²) in [6.45, 7) is 1.59. The minimum absolute atomic E-state index is 0.00453. The maximum absolute atomic E-state index is 12.7. The number of primary amides is 1. The van der Waals surface area contributed by atoms with Crippen LogP contribution < -0.4 is 33.2 Å². The van der Waals surface area contributed by atoms with E-state index < -0.39 is 59.9 Å². The van der Waals surface area contributed by atoms with E-state index in [1.165, 1.54) is 6.92 Å². The third-order valence-corrected chi connectivity index (χ3v) is 4.86. The van der Waals surface area contributed by atoms with E-state index in [-0.39, 0.29) is 25.0 Å². The van der Waals surface area contributed by atoms with Gasteiger partial charge in [-0.15, -0.1) is 0 Å². The summed E-state index contributed by atoms with van der Waals surface area (Å²) in [6, 6.07) is -5.07. The lowest BCUT2D eigenvalue weighted by Crippen LogP contribution is -2.60. The molecule has 0 spiro atoms. The maximum Gasteiger partial charge on any atom is 0.326 e. The third kappa shape index (κ3) is 11.3. The molecule has 4 amide bonds. The zero-order chi connectivity index (χ0) is 24.8. The Bertz CT molecular complexity index is 664. The van der Waals surface area contributed by atoms with Gasteiger partial charge in [-0.3, -0.25) is 19.2 Å². The lowest BCUT2D eigenvalue weighted by atomic mass is 10.1. The average Bonchev–Trinajstić information content (AvgIpc) is 2.72. The average molecular weight is 479 g/mol. The number of rotatable bonds is 16. The number of hydrogen-bond acceptors (Lipinski definition) is 9. The van der Waals surface area contributed by atoms with Crippen LogP contribution in [0.25, 0.3) is 0 Å². The molecule has 0 bridgehead atoms. The van der Waals surface area contributed by atoms with E-state index >= 15 is 0 Å². The number of nitrogens with two attached hydrogens (primary N) is 3. The molecule has 5 unspecified atom stereocenters. The van der Waals surface area contributed by atoms with E-state index in [1.807, 2.05) is 0 Å². The quantitative estimate of drug-likeness (QED) is 0.0790. The van der Waals surface area contributed by atoms with E-state index in [9.17, 15) is 34.2 Å². The number of carboxylic acid groups (broad SMARTS) is 1. The van der Waals surface area contributed by atoms with E-state index in [4.69, 9.17) is 17.2 Å². The van der Waals surface area contributed by atoms with Crippen molar-refractivity contribution in [3.05, 3.63) is 0 Å². The van der Waals surface area contributed by atoms with Crippen LogP contribution >= 0.6 is 12.6 Å². The van der Waals surface area contributed by atoms with Crippen molar-refractivity contribution in [1.29, 1.82) is 0 Å². The molecule has 0 aromatic carbocycles. The van der Waals surface area contributed by atoms with Crippen molar-refractivity contribution >= 4 is 42.2 Å². The molecule has 0 saturated heterocycles. The summed E-state index contributed by atoms with van der Waals surface area (Å²) >= 11 is 3.90. The van der Waals surface area contributed by atoms with Crippen molar-refractivity contribution in [2.75, 3.05) is 12.3 Å². The molecule has 0 radical (unpaired) electrons. The fourth-order valence-electron chi connectivity index (χ4n) is 2.59. The van der Waals surface area contributed by atoms with Crippen molar-refractivity contribution in [3.63, 3.8) is 0 Å². The lowest BCUT2D eigenvalue weighted by Gasteiger charge is -2.26. The molecular formula is C18H34N6O7S. The summed E-state index contributed by atoms with van der Waals surface area (Å²) in [5.41, 5.74) is 16.1. The lowest BCUT2D eigenvalue weighted by molar-refractivity contribution is -0.143. The first-order valence-electron chi connectivity index (χ1n) is 10.1. The standard InChI is InChI=1S/C18H34N6O7S/c1-9(25)14(17(29)23-12(18(30)31)4-2-3-7-19)24-16(28)11(5-6-13(21)26)22-15(27)10(20)8-32/h9-12,14,25,32H,2-8,19-20H2,1H3,(H2,21,26)(H,22,27)(H,23,29)(H,24,28)(H,30,31). The highest BCUT2D eigenvalue weighted by Crippen LogP contribution is 2.05. The molecule has 0 fully saturated rings. The zero-order valence-corrected chi connectivity index (χ0v) is 18.8. The number of aliphatic hydroxyl groups excluding tert-OH is 1. The number of carbonyl (C=O) groups is 5. The SMILES string of the molecule is CC(O)C(NC(=O)C(CCC(N)=O)NC(=O)C(N)CS)C(=O)NC(CCCCN)C(=O)O. The van der Waals surface area contributed by atoms with Gasteiger partial charge in [0, 0.05) is 12.2 Å². The minimum atomic E-state index is -1.52. The molecule has 0 aliphatic heterocycles. The van der Waals surface area contributed by atoms with Crippen molar-refractivity contribution < 1.29 is 34.2 Å². The van der Waals surface area contributed by atoms with Crippen LogP contribution in [-0.2, 0) is 24.0 Å². The topological polar surface area (TPSA) is 240 Å². The number of unbranched alkanes of at least 4 members (excludes halogenated alkanes) is 1. The molecule has 13 nitrogen and oxygen atoms in total. The molecule has 32 heavy (non-hydrogen) atoms. The van der Waals surface area contributed by atoms with Crippen LogP contribution in [0.3, 0.4) is 0 Å². The van der Waals surface area contributed by atoms with Crippen LogP contribution in [0.4, 0.5) is 0 Å². The van der Waals surface area contributed by atoms with E-state index in [0.717, 1.165) is 0 Å². The van der Waals surface area contributed by atoms with Gasteiger partial charge in [0.05, 0.1) is 12.1 Å². The van der Waals surface area contributed by atoms with Crippen molar-refractivity contribution in [2.24, 2.45) is 17.2 Å². The number of carboxylic acids is 1. The molecular weight excluding hydrogens is 444 g/mol. The van der Waals surface area contributed by atoms with Crippen LogP contribution in [0.2, 0.25) is 0 Å². The normalized spacial score (nSPS) is 15.5. The first-order valence-corrected chi connectivity index (χ1v) is 10.7. The van der Waals surface area contributed by atoms with Gasteiger partial charge in [-0.05, 0) is 39.2 Å². The Morgan fingerprint density at radius 2 is 1.53 bits per heavy atom. The predicted molar refractivity (Wildman–Crippen MR) is 118 cm³/mol. The fourth-order valence-corrected chi connectivity index (χ4v) is 2.75. The summed E-state index contributed by atoms with van der Waals surface area (Å²) in [5, 5.41) is 26.2. The number of aliphatic hydroxyl groups is 1. The van der Waals surface area contributed by atoms with Crippen molar-refractivity contribution in [3.8, 4) is 0 Å². The van der Waals surface area contributed by atoms with Crippen LogP contribution in [0.1, 0.15) is 39.0 Å². The van der Waals surface area contributed by atoms with E-state index in [2.05, 4.69) is 28.6 Å². The van der Waals surface area contributed by atoms with Crippen molar-refractivity contribution in [1.82, 2.24) is 16.0 Å². The number of thiol groups is 1. The Hall–Kier alpha value is -2.42. The summed E-state index contributed by atoms with van der Waals surface area (Å²) in [6.07, 6.45) is -0.709. The number of nitrogens with one attached hydrogen (secondary N) is 3. The van der Waals surface area contributed by atoms with Gasteiger partial charge in [0.2, 0.25) is 23.6 Å². The fraction of sp³-hybridized carbons (Fsp3) is 0.722. The molecule has 5 atom stereocenters. The molecule has 14 heteroatoms. The second-order valence-corrected chi connectivity index (χ2v) is 7.63. The third-order valence-electron chi connectivity index (χ3n) is 4.47. The predicted octanol–water partition coefficient (Wildman–Crippen LogP) is -3.44. The molecule has 0 aliphatic carbocycles. The van der Waals surface area contributed by atoms with E-state index in [1.54, 1.807) is 0 Å². The molecule has 11 N–H and O–H groups in total. The highest BCUT2D eigenvalue weighted by molar-refractivity contribution is 7.80. The summed E-state index contributed by atoms with van der Waals surface area (Å²) in [5.74, 6) is -4.54. The first-order chi connectivity index (χ1) is 14.9. The van der Waals surface area contributed by atoms with Crippen LogP contribution in [0, 0.1) is 0 Å². The second kappa shape index (κ2) is 15.4. The molecule has 0 heterocycles. The van der Waals surface area contributed by atoms with Crippen LogP contribution in [0.15, 0.2) is 0 Å². The van der Waals surface area contributed by atoms with Crippen LogP contribution in [-0.4, -0.2) is 82.4 Å². The van der Waals surface area contributed by atoms with Gasteiger partial charge in [-0.1, -0.05) is 0 Å². The number of amides is 4. The molecule has 0 aliphatic rings. The first kappa shape index (κ1) is 29.6. The Morgan fingerprint density at radius 3 is 2.00 bits per heavy atom. The molecule has 0 rings (SSSR count). The van der Waals surface area contributed by atoms with Gasteiger partial charge in [-0.2, -0.15) is 12.6 Å². The van der Waals surface area contributed by atoms with Gasteiger partial charge >= 0.3 is 5.97 Å². The van der Waals surface area contributed by atoms with E-state index in [0.29, 0.717) is 19.4 Å². The number of hydrogen-bond donors (Lipinski definition) is 9. The number of carbonyl (C=O) groups excluding carboxylic acids is 4. The van der Waals surface area contributed by atoms with Gasteiger partial charge in [0.25, 0.3) is 0 Å². The highest BCUT2D eigenvalue weighted by Gasteiger charge is 2.32. The van der Waals surface area contributed by atoms with Gasteiger partial charge in [0.1, 0.15) is 18.1 Å². The Balaban J connectivity index is 5.36. The van der Waals surface area contributed by atoms with Gasteiger partial charge in [-0.25, -0.2) is 4.79 Å². The minimum Gasteiger partial charge on any atom is -0.480 e. The Morgan fingerprint density at radius 1 is 0.938 bits per heavy atom. The highest BCUT2D eigenvalue weighted by atomic mass is 32.1. The summed E-state index contributed by atoms with van der Waals surface area (Å²) < 4.78 is 0. The van der Waals surface area contributed by atoms with Crippen molar-refractivity contribution in [2.45, 2.75) is 69.3 Å². The molecule has 0 aromatic heterocycles. The smallest absolute Gasteiger partial charge is 0.326 e. The Kier molecular flexibility index (Phi) is 14.2. The zero-order valence-electron chi connectivity index (χ0n) is 18.0. The second-order valence-electron chi connectivity index (χ2n) is 7.27. The van der Waals surface area contributed by atoms with Crippen LogP contribution in [0.5, 0.6) is 0 Å². The number of aliphatic carboxylic acids is 1. The largest absolute Gasteiger partial charge is 0.480 e. The van der Waals surface area contributed by atoms with Gasteiger partial charge < -0.3 is 43.4 Å². The molecule has 184 valence electrons. The summed E-state index contributed by atoms with van der Waals surface area (Å²) in [4.78, 5) is 59.8. The molecule has 0 saturated carbocycles. The maximum atomic E-state index is 12.7. The summed E-state index contributed by atoms with van der Waals surface area (Å²) in [7, 11) is 0. The molecule has 0 aromatic rings. The monoisotopic (exact) mass is 478 g/mol. The Labute approximate surface area is 191 Å². The van der Waals surface area contributed by atoms with Gasteiger partial charge in [0.15, 0.2) is 0 Å².